The van der Waals surface area contributed by atoms with Crippen molar-refractivity contribution in [2.45, 2.75) is 64.7 Å². The van der Waals surface area contributed by atoms with Crippen LogP contribution in [0.1, 0.15) is 74.2 Å². The van der Waals surface area contributed by atoms with Gasteiger partial charge in [0.2, 0.25) is 0 Å². The first-order chi connectivity index (χ1) is 12.0. The summed E-state index contributed by atoms with van der Waals surface area (Å²) in [5.41, 5.74) is 2.68. The Bertz CT molecular complexity index is 580. The topological polar surface area (TPSA) is 26.3 Å². The van der Waals surface area contributed by atoms with Gasteiger partial charge in [0.05, 0.1) is 12.7 Å². The van der Waals surface area contributed by atoms with E-state index >= 15 is 0 Å². The van der Waals surface area contributed by atoms with Crippen molar-refractivity contribution >= 4 is 5.97 Å². The lowest BCUT2D eigenvalue weighted by Gasteiger charge is -2.57. The fourth-order valence-corrected chi connectivity index (χ4v) is 6.72. The van der Waals surface area contributed by atoms with Gasteiger partial charge in [0.15, 0.2) is 0 Å². The number of methoxy groups -OCH3 is 1. The van der Waals surface area contributed by atoms with Gasteiger partial charge in [0.25, 0.3) is 0 Å². The number of esters is 1. The molecule has 25 heavy (non-hydrogen) atoms. The Morgan fingerprint density at radius 3 is 2.16 bits per heavy atom. The number of aryl methyl sites for hydroxylation is 1. The minimum atomic E-state index is -0.248. The van der Waals surface area contributed by atoms with Gasteiger partial charge >= 0.3 is 5.97 Å². The van der Waals surface area contributed by atoms with E-state index in [2.05, 4.69) is 19.1 Å². The number of hydrogen-bond donors (Lipinski definition) is 0. The van der Waals surface area contributed by atoms with E-state index in [1.807, 2.05) is 12.1 Å². The summed E-state index contributed by atoms with van der Waals surface area (Å²) >= 11 is 0. The predicted octanol–water partition coefficient (Wildman–Crippen LogP) is 5.65. The molecular formula is C23H32O2. The summed E-state index contributed by atoms with van der Waals surface area (Å²) in [5, 5.41) is 0. The van der Waals surface area contributed by atoms with Crippen molar-refractivity contribution in [1.29, 1.82) is 0 Å². The van der Waals surface area contributed by atoms with Gasteiger partial charge in [-0.1, -0.05) is 19.1 Å². The minimum Gasteiger partial charge on any atom is -0.465 e. The molecule has 4 fully saturated rings. The van der Waals surface area contributed by atoms with Gasteiger partial charge < -0.3 is 4.74 Å². The smallest absolute Gasteiger partial charge is 0.337 e. The summed E-state index contributed by atoms with van der Waals surface area (Å²) in [6, 6.07) is 7.96. The van der Waals surface area contributed by atoms with Crippen LogP contribution in [-0.2, 0) is 11.2 Å². The number of rotatable bonds is 6. The van der Waals surface area contributed by atoms with Crippen molar-refractivity contribution in [2.75, 3.05) is 7.11 Å². The monoisotopic (exact) mass is 340 g/mol. The molecule has 4 bridgehead atoms. The summed E-state index contributed by atoms with van der Waals surface area (Å²) < 4.78 is 4.77. The van der Waals surface area contributed by atoms with Crippen LogP contribution in [0.15, 0.2) is 24.3 Å². The maximum Gasteiger partial charge on any atom is 0.337 e. The van der Waals surface area contributed by atoms with Gasteiger partial charge in [-0.3, -0.25) is 0 Å². The van der Waals surface area contributed by atoms with Gasteiger partial charge in [-0.2, -0.15) is 0 Å². The quantitative estimate of drug-likeness (QED) is 0.626. The highest BCUT2D eigenvalue weighted by Gasteiger charge is 2.50. The van der Waals surface area contributed by atoms with Gasteiger partial charge in [0, 0.05) is 0 Å². The van der Waals surface area contributed by atoms with Crippen molar-refractivity contribution in [2.24, 2.45) is 29.1 Å². The molecule has 1 unspecified atom stereocenters. The third kappa shape index (κ3) is 3.64. The second-order valence-electron chi connectivity index (χ2n) is 9.45. The molecule has 0 aliphatic heterocycles. The Labute approximate surface area is 152 Å². The molecule has 2 heteroatoms. The fourth-order valence-electron chi connectivity index (χ4n) is 6.72. The maximum absolute atomic E-state index is 11.5. The lowest BCUT2D eigenvalue weighted by molar-refractivity contribution is -0.0646. The molecule has 1 aromatic carbocycles. The van der Waals surface area contributed by atoms with Crippen LogP contribution in [0.3, 0.4) is 0 Å². The standard InChI is InChI=1S/C23H32O2/c1-16(3-4-17-5-7-21(8-6-17)22(24)25-2)12-23-13-18-9-19(14-23)11-20(10-18)15-23/h5-8,16,18-20H,3-4,9-15H2,1-2H3. The van der Waals surface area contributed by atoms with Crippen LogP contribution in [0.2, 0.25) is 0 Å². The molecule has 4 aliphatic rings. The fraction of sp³-hybridized carbons (Fsp3) is 0.696. The Kier molecular flexibility index (Phi) is 4.64. The SMILES string of the molecule is COC(=O)c1ccc(CCC(C)CC23CC4CC(CC(C4)C2)C3)cc1. The van der Waals surface area contributed by atoms with E-state index < -0.39 is 0 Å². The zero-order chi connectivity index (χ0) is 17.4. The van der Waals surface area contributed by atoms with Crippen molar-refractivity contribution < 1.29 is 9.53 Å². The highest BCUT2D eigenvalue weighted by molar-refractivity contribution is 5.89. The van der Waals surface area contributed by atoms with Gasteiger partial charge in [-0.15, -0.1) is 0 Å². The summed E-state index contributed by atoms with van der Waals surface area (Å²) in [7, 11) is 1.43. The first kappa shape index (κ1) is 17.1. The Morgan fingerprint density at radius 2 is 1.64 bits per heavy atom. The molecule has 4 aliphatic carbocycles. The Balaban J connectivity index is 1.31. The molecule has 0 radical (unpaired) electrons. The Hall–Kier alpha value is -1.31. The molecule has 0 aromatic heterocycles. The Morgan fingerprint density at radius 1 is 1.08 bits per heavy atom. The normalized spacial score (nSPS) is 34.1. The second kappa shape index (κ2) is 6.78. The van der Waals surface area contributed by atoms with Gasteiger partial charge in [0.1, 0.15) is 0 Å². The average Bonchev–Trinajstić information content (AvgIpc) is 2.58. The summed E-state index contributed by atoms with van der Waals surface area (Å²) in [6.45, 7) is 2.46. The summed E-state index contributed by atoms with van der Waals surface area (Å²) in [5.74, 6) is 3.73. The van der Waals surface area contributed by atoms with E-state index in [1.54, 1.807) is 19.3 Å². The van der Waals surface area contributed by atoms with Crippen LogP contribution in [0.25, 0.3) is 0 Å². The number of ether oxygens (including phenoxy) is 1. The molecule has 4 saturated carbocycles. The van der Waals surface area contributed by atoms with Crippen molar-refractivity contribution in [1.82, 2.24) is 0 Å². The van der Waals surface area contributed by atoms with Crippen LogP contribution < -0.4 is 0 Å². The molecular weight excluding hydrogens is 308 g/mol. The molecule has 136 valence electrons. The number of carbonyl (C=O) groups is 1. The number of carbonyl (C=O) groups excluding carboxylic acids is 1. The molecule has 1 aromatic rings. The summed E-state index contributed by atoms with van der Waals surface area (Å²) in [4.78, 5) is 11.5. The maximum atomic E-state index is 11.5. The molecule has 0 N–H and O–H groups in total. The highest BCUT2D eigenvalue weighted by atomic mass is 16.5. The third-order valence-corrected chi connectivity index (χ3v) is 7.25. The largest absolute Gasteiger partial charge is 0.465 e. The summed E-state index contributed by atoms with van der Waals surface area (Å²) in [6.07, 6.45) is 13.0. The molecule has 0 amide bonds. The van der Waals surface area contributed by atoms with Crippen LogP contribution in [-0.4, -0.2) is 13.1 Å². The first-order valence-corrected chi connectivity index (χ1v) is 10.2. The van der Waals surface area contributed by atoms with Crippen LogP contribution >= 0.6 is 0 Å². The minimum absolute atomic E-state index is 0.248. The zero-order valence-electron chi connectivity index (χ0n) is 15.8. The van der Waals surface area contributed by atoms with Crippen LogP contribution in [0.5, 0.6) is 0 Å². The predicted molar refractivity (Wildman–Crippen MR) is 100 cm³/mol. The number of hydrogen-bond acceptors (Lipinski definition) is 2. The van der Waals surface area contributed by atoms with Gasteiger partial charge in [-0.25, -0.2) is 4.79 Å². The van der Waals surface area contributed by atoms with E-state index in [-0.39, 0.29) is 5.97 Å². The van der Waals surface area contributed by atoms with E-state index in [9.17, 15) is 4.79 Å². The number of benzene rings is 1. The highest BCUT2D eigenvalue weighted by Crippen LogP contribution is 2.62. The lowest BCUT2D eigenvalue weighted by atomic mass is 9.48. The lowest BCUT2D eigenvalue weighted by Crippen LogP contribution is -2.46. The van der Waals surface area contributed by atoms with E-state index in [0.717, 1.165) is 30.1 Å². The van der Waals surface area contributed by atoms with E-state index in [0.29, 0.717) is 11.0 Å². The molecule has 2 nitrogen and oxygen atoms in total. The van der Waals surface area contributed by atoms with Crippen molar-refractivity contribution in [3.8, 4) is 0 Å². The molecule has 0 heterocycles. The molecule has 1 atom stereocenters. The first-order valence-electron chi connectivity index (χ1n) is 10.2. The average molecular weight is 341 g/mol. The zero-order valence-corrected chi connectivity index (χ0v) is 15.8. The molecule has 0 saturated heterocycles. The van der Waals surface area contributed by atoms with Crippen molar-refractivity contribution in [3.05, 3.63) is 35.4 Å². The van der Waals surface area contributed by atoms with Crippen molar-refractivity contribution in [3.63, 3.8) is 0 Å². The van der Waals surface area contributed by atoms with Gasteiger partial charge in [-0.05, 0) is 105 Å². The van der Waals surface area contributed by atoms with E-state index in [1.165, 1.54) is 44.8 Å². The molecule has 5 rings (SSSR count). The second-order valence-corrected chi connectivity index (χ2v) is 9.45. The third-order valence-electron chi connectivity index (χ3n) is 7.25. The van der Waals surface area contributed by atoms with E-state index in [4.69, 9.17) is 4.74 Å². The van der Waals surface area contributed by atoms with Crippen LogP contribution in [0.4, 0.5) is 0 Å². The molecule has 0 spiro atoms. The van der Waals surface area contributed by atoms with Crippen LogP contribution in [0, 0.1) is 29.1 Å².